The molecule has 0 radical (unpaired) electrons. The summed E-state index contributed by atoms with van der Waals surface area (Å²) < 4.78 is 14.4. The van der Waals surface area contributed by atoms with Crippen molar-refractivity contribution in [1.82, 2.24) is 10.2 Å². The van der Waals surface area contributed by atoms with Gasteiger partial charge in [-0.05, 0) is 30.9 Å². The fraction of sp³-hybridized carbons (Fsp3) is 0.682. The summed E-state index contributed by atoms with van der Waals surface area (Å²) in [5, 5.41) is 3.18. The molecule has 0 atom stereocenters. The topological polar surface area (TPSA) is 35.6 Å². The molecule has 2 aliphatic heterocycles. The van der Waals surface area contributed by atoms with E-state index in [1.165, 1.54) is 57.6 Å². The Kier molecular flexibility index (Phi) is 5.67. The number of carbonyl (C=O) groups excluding carboxylic acids is 1. The molecule has 4 nitrogen and oxygen atoms in total. The van der Waals surface area contributed by atoms with E-state index in [0.29, 0.717) is 5.69 Å². The molecule has 2 heterocycles. The number of halogens is 1. The van der Waals surface area contributed by atoms with Crippen molar-refractivity contribution < 1.29 is 9.18 Å². The zero-order valence-electron chi connectivity index (χ0n) is 16.3. The van der Waals surface area contributed by atoms with Crippen LogP contribution in [0.4, 0.5) is 10.1 Å². The molecule has 27 heavy (non-hydrogen) atoms. The highest BCUT2D eigenvalue weighted by Gasteiger charge is 2.47. The molecule has 148 valence electrons. The van der Waals surface area contributed by atoms with E-state index in [-0.39, 0.29) is 18.3 Å². The first-order chi connectivity index (χ1) is 13.2. The Balaban J connectivity index is 1.40. The molecule has 4 rings (SSSR count). The van der Waals surface area contributed by atoms with Crippen molar-refractivity contribution in [3.63, 3.8) is 0 Å². The van der Waals surface area contributed by atoms with E-state index in [9.17, 15) is 9.18 Å². The van der Waals surface area contributed by atoms with Gasteiger partial charge in [-0.15, -0.1) is 0 Å². The largest absolute Gasteiger partial charge is 0.337 e. The molecule has 0 aromatic heterocycles. The predicted molar refractivity (Wildman–Crippen MR) is 106 cm³/mol. The van der Waals surface area contributed by atoms with Gasteiger partial charge in [0.25, 0.3) is 0 Å². The number of nitrogens with one attached hydrogen (secondary N) is 1. The number of para-hydroxylation sites is 1. The minimum absolute atomic E-state index is 0.00622. The number of amides is 1. The van der Waals surface area contributed by atoms with Gasteiger partial charge in [-0.2, -0.15) is 0 Å². The third kappa shape index (κ3) is 4.13. The van der Waals surface area contributed by atoms with Crippen LogP contribution >= 0.6 is 0 Å². The molecule has 1 amide bonds. The van der Waals surface area contributed by atoms with Gasteiger partial charge in [0.15, 0.2) is 0 Å². The standard InChI is InChI=1S/C22H32FN3O/c23-19-10-6-7-11-20(19)26-17-21(27)24-22(26)12-14-25(15-13-22)16-18-8-4-2-1-3-5-9-18/h6-7,10-11,18H,1-5,8-9,12-17H2,(H,24,27). The molecule has 1 spiro atoms. The maximum Gasteiger partial charge on any atom is 0.241 e. The molecule has 1 aliphatic carbocycles. The molecule has 1 aromatic rings. The van der Waals surface area contributed by atoms with Crippen LogP contribution in [0.5, 0.6) is 0 Å². The first kappa shape index (κ1) is 18.7. The number of nitrogens with zero attached hydrogens (tertiary/aromatic N) is 2. The average Bonchev–Trinajstić information content (AvgIpc) is 2.95. The summed E-state index contributed by atoms with van der Waals surface area (Å²) in [5.41, 5.74) is 0.126. The summed E-state index contributed by atoms with van der Waals surface area (Å²) >= 11 is 0. The van der Waals surface area contributed by atoms with Crippen LogP contribution in [-0.4, -0.2) is 42.6 Å². The number of benzene rings is 1. The Morgan fingerprint density at radius 1 is 1.04 bits per heavy atom. The summed E-state index contributed by atoms with van der Waals surface area (Å²) in [7, 11) is 0. The minimum Gasteiger partial charge on any atom is -0.337 e. The van der Waals surface area contributed by atoms with Gasteiger partial charge in [0.2, 0.25) is 5.91 Å². The second-order valence-electron chi connectivity index (χ2n) is 8.63. The Bertz CT molecular complexity index is 649. The first-order valence-corrected chi connectivity index (χ1v) is 10.7. The molecule has 1 aromatic carbocycles. The second kappa shape index (κ2) is 8.17. The number of hydrogen-bond donors (Lipinski definition) is 1. The number of carbonyl (C=O) groups is 1. The van der Waals surface area contributed by atoms with Crippen LogP contribution in [0.25, 0.3) is 0 Å². The maximum atomic E-state index is 14.4. The Hall–Kier alpha value is -1.62. The molecular weight excluding hydrogens is 341 g/mol. The smallest absolute Gasteiger partial charge is 0.241 e. The van der Waals surface area contributed by atoms with Crippen molar-refractivity contribution in [2.24, 2.45) is 5.92 Å². The number of hydrogen-bond acceptors (Lipinski definition) is 3. The van der Waals surface area contributed by atoms with Crippen molar-refractivity contribution in [3.8, 4) is 0 Å². The van der Waals surface area contributed by atoms with Crippen LogP contribution in [0, 0.1) is 11.7 Å². The Morgan fingerprint density at radius 2 is 1.70 bits per heavy atom. The number of rotatable bonds is 3. The van der Waals surface area contributed by atoms with Gasteiger partial charge in [0.1, 0.15) is 11.5 Å². The van der Waals surface area contributed by atoms with E-state index in [2.05, 4.69) is 10.2 Å². The zero-order valence-corrected chi connectivity index (χ0v) is 16.3. The van der Waals surface area contributed by atoms with E-state index < -0.39 is 5.66 Å². The van der Waals surface area contributed by atoms with Crippen molar-refractivity contribution in [1.29, 1.82) is 0 Å². The highest BCUT2D eigenvalue weighted by molar-refractivity contribution is 5.87. The maximum absolute atomic E-state index is 14.4. The number of likely N-dealkylation sites (tertiary alicyclic amines) is 1. The van der Waals surface area contributed by atoms with Crippen molar-refractivity contribution in [2.45, 2.75) is 63.5 Å². The summed E-state index contributed by atoms with van der Waals surface area (Å²) in [4.78, 5) is 16.7. The number of piperidine rings is 1. The molecule has 0 bridgehead atoms. The van der Waals surface area contributed by atoms with Gasteiger partial charge in [0.05, 0.1) is 12.2 Å². The Labute approximate surface area is 162 Å². The Morgan fingerprint density at radius 3 is 2.41 bits per heavy atom. The normalized spacial score (nSPS) is 24.6. The lowest BCUT2D eigenvalue weighted by atomic mass is 9.89. The van der Waals surface area contributed by atoms with Crippen molar-refractivity contribution >= 4 is 11.6 Å². The van der Waals surface area contributed by atoms with Gasteiger partial charge < -0.3 is 15.1 Å². The third-order valence-corrected chi connectivity index (χ3v) is 6.76. The van der Waals surface area contributed by atoms with E-state index in [1.807, 2.05) is 11.0 Å². The molecule has 1 saturated carbocycles. The lowest BCUT2D eigenvalue weighted by molar-refractivity contribution is -0.119. The van der Waals surface area contributed by atoms with Gasteiger partial charge in [-0.25, -0.2) is 4.39 Å². The summed E-state index contributed by atoms with van der Waals surface area (Å²) in [6.07, 6.45) is 11.4. The van der Waals surface area contributed by atoms with Crippen molar-refractivity contribution in [3.05, 3.63) is 30.1 Å². The van der Waals surface area contributed by atoms with Crippen LogP contribution in [0.15, 0.2) is 24.3 Å². The highest BCUT2D eigenvalue weighted by Crippen LogP contribution is 2.36. The van der Waals surface area contributed by atoms with Crippen LogP contribution in [-0.2, 0) is 4.79 Å². The summed E-state index contributed by atoms with van der Waals surface area (Å²) in [6, 6.07) is 6.82. The minimum atomic E-state index is -0.420. The van der Waals surface area contributed by atoms with Crippen LogP contribution < -0.4 is 10.2 Å². The predicted octanol–water partition coefficient (Wildman–Crippen LogP) is 3.91. The van der Waals surface area contributed by atoms with Gasteiger partial charge in [0, 0.05) is 32.5 Å². The molecule has 5 heteroatoms. The fourth-order valence-electron chi connectivity index (χ4n) is 5.24. The van der Waals surface area contributed by atoms with Gasteiger partial charge in [-0.1, -0.05) is 44.2 Å². The number of anilines is 1. The molecule has 3 fully saturated rings. The fourth-order valence-corrected chi connectivity index (χ4v) is 5.24. The third-order valence-electron chi connectivity index (χ3n) is 6.76. The van der Waals surface area contributed by atoms with E-state index in [1.54, 1.807) is 12.1 Å². The molecule has 2 saturated heterocycles. The molecule has 0 unspecified atom stereocenters. The van der Waals surface area contributed by atoms with E-state index in [0.717, 1.165) is 31.8 Å². The van der Waals surface area contributed by atoms with E-state index >= 15 is 0 Å². The van der Waals surface area contributed by atoms with E-state index in [4.69, 9.17) is 0 Å². The average molecular weight is 374 g/mol. The summed E-state index contributed by atoms with van der Waals surface area (Å²) in [6.45, 7) is 3.39. The van der Waals surface area contributed by atoms with Crippen LogP contribution in [0.3, 0.4) is 0 Å². The lowest BCUT2D eigenvalue weighted by Crippen LogP contribution is -2.59. The summed E-state index contributed by atoms with van der Waals surface area (Å²) in [5.74, 6) is 0.581. The van der Waals surface area contributed by atoms with Gasteiger partial charge >= 0.3 is 0 Å². The SMILES string of the molecule is O=C1CN(c2ccccc2F)C2(CCN(CC3CCCCCCC3)CC2)N1. The first-order valence-electron chi connectivity index (χ1n) is 10.7. The van der Waals surface area contributed by atoms with Crippen LogP contribution in [0.2, 0.25) is 0 Å². The highest BCUT2D eigenvalue weighted by atomic mass is 19.1. The zero-order chi connectivity index (χ0) is 18.7. The molecule has 1 N–H and O–H groups in total. The van der Waals surface area contributed by atoms with Gasteiger partial charge in [-0.3, -0.25) is 4.79 Å². The van der Waals surface area contributed by atoms with Crippen molar-refractivity contribution in [2.75, 3.05) is 31.1 Å². The molecule has 3 aliphatic rings. The molecular formula is C22H32FN3O. The quantitative estimate of drug-likeness (QED) is 0.872. The second-order valence-corrected chi connectivity index (χ2v) is 8.63. The van der Waals surface area contributed by atoms with Crippen LogP contribution in [0.1, 0.15) is 57.8 Å². The lowest BCUT2D eigenvalue weighted by Gasteiger charge is -2.45. The monoisotopic (exact) mass is 373 g/mol.